The van der Waals surface area contributed by atoms with Crippen molar-refractivity contribution in [2.75, 3.05) is 5.73 Å². The smallest absolute Gasteiger partial charge is 0.127 e. The lowest BCUT2D eigenvalue weighted by molar-refractivity contribution is 0.167. The molecule has 0 bridgehead atoms. The van der Waals surface area contributed by atoms with E-state index in [1.807, 2.05) is 36.4 Å². The first kappa shape index (κ1) is 12.5. The van der Waals surface area contributed by atoms with Gasteiger partial charge in [0.25, 0.3) is 0 Å². The largest absolute Gasteiger partial charge is 0.493 e. The molecule has 0 saturated carbocycles. The Morgan fingerprint density at radius 3 is 2.40 bits per heavy atom. The Kier molecular flexibility index (Phi) is 3.55. The van der Waals surface area contributed by atoms with Gasteiger partial charge >= 0.3 is 0 Å². The first-order valence-corrected chi connectivity index (χ1v) is 6.74. The molecule has 2 aromatic rings. The fourth-order valence-corrected chi connectivity index (χ4v) is 2.57. The molecule has 2 aromatic carbocycles. The highest BCUT2D eigenvalue weighted by molar-refractivity contribution is 5.46. The van der Waals surface area contributed by atoms with Crippen molar-refractivity contribution in [3.05, 3.63) is 90.2 Å². The van der Waals surface area contributed by atoms with Gasteiger partial charge in [-0.1, -0.05) is 48.5 Å². The molecule has 2 atom stereocenters. The Bertz CT molecular complexity index is 631. The zero-order chi connectivity index (χ0) is 13.8. The maximum Gasteiger partial charge on any atom is 0.127 e. The van der Waals surface area contributed by atoms with Gasteiger partial charge in [-0.3, -0.25) is 0 Å². The predicted octanol–water partition coefficient (Wildman–Crippen LogP) is 3.87. The molecular formula is C18H17NO. The van der Waals surface area contributed by atoms with Gasteiger partial charge in [-0.05, 0) is 35.4 Å². The lowest BCUT2D eigenvalue weighted by atomic mass is 9.86. The van der Waals surface area contributed by atoms with Crippen LogP contribution in [0.4, 0.5) is 5.69 Å². The van der Waals surface area contributed by atoms with Crippen LogP contribution in [0.1, 0.15) is 17.0 Å². The van der Waals surface area contributed by atoms with E-state index in [-0.39, 0.29) is 12.0 Å². The van der Waals surface area contributed by atoms with Gasteiger partial charge in [-0.25, -0.2) is 0 Å². The normalized spacial score (nSPS) is 18.5. The van der Waals surface area contributed by atoms with Gasteiger partial charge in [-0.2, -0.15) is 0 Å². The number of benzene rings is 2. The van der Waals surface area contributed by atoms with Crippen molar-refractivity contribution in [2.45, 2.75) is 12.0 Å². The molecule has 0 saturated heterocycles. The minimum Gasteiger partial charge on any atom is -0.493 e. The number of anilines is 1. The minimum atomic E-state index is -0.0100. The van der Waals surface area contributed by atoms with Gasteiger partial charge in [0.1, 0.15) is 6.10 Å². The second-order valence-electron chi connectivity index (χ2n) is 4.87. The molecule has 1 aliphatic rings. The first-order chi connectivity index (χ1) is 9.84. The minimum absolute atomic E-state index is 0.0100. The highest BCUT2D eigenvalue weighted by Crippen LogP contribution is 2.32. The van der Waals surface area contributed by atoms with E-state index in [0.717, 1.165) is 5.69 Å². The Hall–Kier alpha value is -2.48. The van der Waals surface area contributed by atoms with Crippen molar-refractivity contribution in [3.63, 3.8) is 0 Å². The van der Waals surface area contributed by atoms with Crippen LogP contribution >= 0.6 is 0 Å². The molecule has 0 aromatic heterocycles. The average molecular weight is 263 g/mol. The Labute approximate surface area is 119 Å². The van der Waals surface area contributed by atoms with E-state index in [1.165, 1.54) is 11.1 Å². The molecule has 0 radical (unpaired) electrons. The molecule has 1 heterocycles. The van der Waals surface area contributed by atoms with Gasteiger partial charge in [0, 0.05) is 11.6 Å². The van der Waals surface area contributed by atoms with Gasteiger partial charge in [0.05, 0.1) is 6.26 Å². The maximum atomic E-state index is 5.93. The summed E-state index contributed by atoms with van der Waals surface area (Å²) in [5.41, 5.74) is 9.10. The number of allylic oxidation sites excluding steroid dienone is 2. The van der Waals surface area contributed by atoms with Gasteiger partial charge < -0.3 is 10.5 Å². The van der Waals surface area contributed by atoms with Crippen molar-refractivity contribution in [2.24, 2.45) is 0 Å². The number of nitrogen functional groups attached to an aromatic ring is 1. The zero-order valence-electron chi connectivity index (χ0n) is 11.1. The summed E-state index contributed by atoms with van der Waals surface area (Å²) in [6.45, 7) is 0. The summed E-state index contributed by atoms with van der Waals surface area (Å²) in [5, 5.41) is 0. The SMILES string of the molecule is Nc1cccc(C(c2ccccc2)C2C=CC=CO2)c1. The third kappa shape index (κ3) is 2.59. The van der Waals surface area contributed by atoms with Crippen molar-refractivity contribution in [1.82, 2.24) is 0 Å². The fourth-order valence-electron chi connectivity index (χ4n) is 2.57. The summed E-state index contributed by atoms with van der Waals surface area (Å²) in [5.74, 6) is 0.140. The number of hydrogen-bond donors (Lipinski definition) is 1. The van der Waals surface area contributed by atoms with E-state index in [4.69, 9.17) is 10.5 Å². The van der Waals surface area contributed by atoms with E-state index in [1.54, 1.807) is 6.26 Å². The summed E-state index contributed by atoms with van der Waals surface area (Å²) in [6, 6.07) is 18.4. The average Bonchev–Trinajstić information content (AvgIpc) is 2.50. The summed E-state index contributed by atoms with van der Waals surface area (Å²) in [4.78, 5) is 0. The number of hydrogen-bond acceptors (Lipinski definition) is 2. The lowest BCUT2D eigenvalue weighted by Crippen LogP contribution is -2.20. The molecule has 20 heavy (non-hydrogen) atoms. The van der Waals surface area contributed by atoms with Crippen LogP contribution in [-0.4, -0.2) is 6.10 Å². The second-order valence-corrected chi connectivity index (χ2v) is 4.87. The van der Waals surface area contributed by atoms with E-state index < -0.39 is 0 Å². The summed E-state index contributed by atoms with van der Waals surface area (Å²) in [6.07, 6.45) is 7.74. The van der Waals surface area contributed by atoms with Gasteiger partial charge in [-0.15, -0.1) is 0 Å². The molecule has 2 N–H and O–H groups in total. The molecule has 3 rings (SSSR count). The lowest BCUT2D eigenvalue weighted by Gasteiger charge is -2.26. The molecule has 100 valence electrons. The zero-order valence-corrected chi connectivity index (χ0v) is 11.1. The van der Waals surface area contributed by atoms with Crippen molar-refractivity contribution < 1.29 is 4.74 Å². The van der Waals surface area contributed by atoms with Gasteiger partial charge in [0.15, 0.2) is 0 Å². The summed E-state index contributed by atoms with van der Waals surface area (Å²) in [7, 11) is 0. The topological polar surface area (TPSA) is 35.2 Å². The summed E-state index contributed by atoms with van der Waals surface area (Å²) >= 11 is 0. The quantitative estimate of drug-likeness (QED) is 0.853. The highest BCUT2D eigenvalue weighted by Gasteiger charge is 2.24. The van der Waals surface area contributed by atoms with Crippen LogP contribution in [0.3, 0.4) is 0 Å². The molecular weight excluding hydrogens is 246 g/mol. The van der Waals surface area contributed by atoms with Crippen LogP contribution in [0, 0.1) is 0 Å². The number of nitrogens with two attached hydrogens (primary N) is 1. The fraction of sp³-hybridized carbons (Fsp3) is 0.111. The Balaban J connectivity index is 2.04. The van der Waals surface area contributed by atoms with Crippen LogP contribution in [0.15, 0.2) is 79.1 Å². The highest BCUT2D eigenvalue weighted by atomic mass is 16.5. The molecule has 0 spiro atoms. The van der Waals surface area contributed by atoms with Crippen LogP contribution in [-0.2, 0) is 4.74 Å². The number of rotatable bonds is 3. The van der Waals surface area contributed by atoms with Crippen LogP contribution in [0.2, 0.25) is 0 Å². The molecule has 1 aliphatic heterocycles. The standard InChI is InChI=1S/C18H17NO/c19-16-10-6-9-15(13-16)18(14-7-2-1-3-8-14)17-11-4-5-12-20-17/h1-13,17-18H,19H2. The molecule has 0 aliphatic carbocycles. The third-order valence-electron chi connectivity index (χ3n) is 3.48. The molecule has 2 nitrogen and oxygen atoms in total. The Morgan fingerprint density at radius 1 is 0.900 bits per heavy atom. The van der Waals surface area contributed by atoms with E-state index in [0.29, 0.717) is 0 Å². The van der Waals surface area contributed by atoms with Crippen LogP contribution in [0.5, 0.6) is 0 Å². The van der Waals surface area contributed by atoms with Crippen LogP contribution in [0.25, 0.3) is 0 Å². The second kappa shape index (κ2) is 5.66. The van der Waals surface area contributed by atoms with E-state index in [2.05, 4.69) is 36.4 Å². The summed E-state index contributed by atoms with van der Waals surface area (Å²) < 4.78 is 5.78. The molecule has 2 heteroatoms. The van der Waals surface area contributed by atoms with Crippen molar-refractivity contribution >= 4 is 5.69 Å². The number of ether oxygens (including phenoxy) is 1. The predicted molar refractivity (Wildman–Crippen MR) is 82.3 cm³/mol. The van der Waals surface area contributed by atoms with E-state index in [9.17, 15) is 0 Å². The van der Waals surface area contributed by atoms with Crippen LogP contribution < -0.4 is 5.73 Å². The monoisotopic (exact) mass is 263 g/mol. The van der Waals surface area contributed by atoms with E-state index >= 15 is 0 Å². The van der Waals surface area contributed by atoms with Gasteiger partial charge in [0.2, 0.25) is 0 Å². The molecule has 2 unspecified atom stereocenters. The molecule has 0 fully saturated rings. The Morgan fingerprint density at radius 2 is 1.70 bits per heavy atom. The molecule has 0 amide bonds. The van der Waals surface area contributed by atoms with Crippen molar-refractivity contribution in [3.8, 4) is 0 Å². The first-order valence-electron chi connectivity index (χ1n) is 6.74. The third-order valence-corrected chi connectivity index (χ3v) is 3.48. The maximum absolute atomic E-state index is 5.93. The van der Waals surface area contributed by atoms with Crippen molar-refractivity contribution in [1.29, 1.82) is 0 Å².